The number of hydrogen-bond acceptors (Lipinski definition) is 10. The van der Waals surface area contributed by atoms with Gasteiger partial charge in [0.05, 0.1) is 33.9 Å². The van der Waals surface area contributed by atoms with Gasteiger partial charge in [0.15, 0.2) is 12.2 Å². The normalized spacial score (nSPS) is 43.0. The summed E-state index contributed by atoms with van der Waals surface area (Å²) in [6.45, 7) is 22.2. The topological polar surface area (TPSA) is 135 Å². The minimum absolute atomic E-state index is 0.0364. The van der Waals surface area contributed by atoms with Crippen molar-refractivity contribution in [3.05, 3.63) is 0 Å². The Balaban J connectivity index is 0.000000135. The highest BCUT2D eigenvalue weighted by Gasteiger charge is 2.66. The number of aliphatic hydroxyl groups is 1. The van der Waals surface area contributed by atoms with Crippen molar-refractivity contribution in [3.63, 3.8) is 0 Å². The SMILES string of the molecule is CCC(C)(C)C(=O)OC1(CC)C2CC3CC(C2)CC1C3.CCC(C)(C)C(=O)OC1(CC)C2CC3CC1CC(O)(C3)C2.CCC(C)(C)C(=O)OC1C2CC3C(=O)OC1C3O2. The largest absolute Gasteiger partial charge is 0.458 e. The van der Waals surface area contributed by atoms with Gasteiger partial charge >= 0.3 is 23.9 Å². The molecular formula is C49H78O10. The average molecular weight is 827 g/mol. The van der Waals surface area contributed by atoms with Gasteiger partial charge in [-0.25, -0.2) is 0 Å². The van der Waals surface area contributed by atoms with E-state index in [-0.39, 0.29) is 58.6 Å². The Kier molecular flexibility index (Phi) is 12.1. The number of esters is 4. The summed E-state index contributed by atoms with van der Waals surface area (Å²) in [5, 5.41) is 10.7. The van der Waals surface area contributed by atoms with Crippen molar-refractivity contribution >= 4 is 23.9 Å². The van der Waals surface area contributed by atoms with Gasteiger partial charge in [-0.15, -0.1) is 0 Å². The van der Waals surface area contributed by atoms with Crippen molar-refractivity contribution in [2.45, 2.75) is 220 Å². The fourth-order valence-corrected chi connectivity index (χ4v) is 13.4. The van der Waals surface area contributed by atoms with E-state index in [4.69, 9.17) is 23.7 Å². The molecule has 0 aromatic rings. The Morgan fingerprint density at radius 1 is 0.610 bits per heavy atom. The second-order valence-corrected chi connectivity index (χ2v) is 22.7. The van der Waals surface area contributed by atoms with Crippen LogP contribution in [0.2, 0.25) is 0 Å². The van der Waals surface area contributed by atoms with Crippen LogP contribution in [0.15, 0.2) is 0 Å². The lowest BCUT2D eigenvalue weighted by molar-refractivity contribution is -0.247. The van der Waals surface area contributed by atoms with Gasteiger partial charge < -0.3 is 28.8 Å². The fourth-order valence-electron chi connectivity index (χ4n) is 13.4. The zero-order chi connectivity index (χ0) is 43.1. The third-order valence-corrected chi connectivity index (χ3v) is 18.1. The van der Waals surface area contributed by atoms with Gasteiger partial charge in [0.2, 0.25) is 0 Å². The Morgan fingerprint density at radius 2 is 1.05 bits per heavy atom. The summed E-state index contributed by atoms with van der Waals surface area (Å²) in [7, 11) is 0. The third kappa shape index (κ3) is 7.81. The standard InChI is InChI=1S/C18H30O3.C18H30O2.C13H18O5/c1-5-16(3,4)15(19)21-18(6-2)13-7-12-8-14(18)11-17(20,9-12)10-13;1-5-17(3,4)16(19)20-18(6-2)14-8-12-7-13(10-14)11-15(18)9-12;1-4-13(2,3)12(15)18-9-7-5-6-8(16-7)10(9)17-11(6)14/h12-14,20H,5-11H2,1-4H3;12-15H,5-11H2,1-4H3;6-10H,4-5H2,1-3H3. The van der Waals surface area contributed by atoms with Gasteiger partial charge in [0.1, 0.15) is 17.3 Å². The van der Waals surface area contributed by atoms with E-state index in [1.807, 2.05) is 55.4 Å². The van der Waals surface area contributed by atoms with Gasteiger partial charge in [0.25, 0.3) is 0 Å². The van der Waals surface area contributed by atoms with Crippen LogP contribution in [0, 0.1) is 63.6 Å². The first-order chi connectivity index (χ1) is 27.6. The molecule has 0 aromatic heterocycles. The van der Waals surface area contributed by atoms with Gasteiger partial charge in [0, 0.05) is 11.8 Å². The van der Waals surface area contributed by atoms with Gasteiger partial charge in [-0.3, -0.25) is 19.2 Å². The van der Waals surface area contributed by atoms with Crippen molar-refractivity contribution in [3.8, 4) is 0 Å². The highest BCUT2D eigenvalue weighted by atomic mass is 16.7. The molecule has 3 saturated heterocycles. The number of carbonyl (C=O) groups excluding carboxylic acids is 4. The van der Waals surface area contributed by atoms with E-state index in [9.17, 15) is 24.3 Å². The molecule has 8 aliphatic carbocycles. The molecule has 11 fully saturated rings. The highest BCUT2D eigenvalue weighted by Crippen LogP contribution is 2.63. The summed E-state index contributed by atoms with van der Waals surface area (Å²) in [4.78, 5) is 48.9. The van der Waals surface area contributed by atoms with Crippen molar-refractivity contribution in [2.24, 2.45) is 63.6 Å². The molecule has 1 N–H and O–H groups in total. The molecule has 3 heterocycles. The highest BCUT2D eigenvalue weighted by molar-refractivity contribution is 5.79. The molecule has 11 rings (SSSR count). The van der Waals surface area contributed by atoms with Crippen LogP contribution >= 0.6 is 0 Å². The van der Waals surface area contributed by atoms with Crippen LogP contribution < -0.4 is 0 Å². The zero-order valence-electron chi connectivity index (χ0n) is 38.4. The molecule has 11 aliphatic rings. The summed E-state index contributed by atoms with van der Waals surface area (Å²) in [6, 6.07) is 0. The molecule has 59 heavy (non-hydrogen) atoms. The Bertz CT molecular complexity index is 1570. The summed E-state index contributed by atoms with van der Waals surface area (Å²) in [5.74, 6) is 3.88. The van der Waals surface area contributed by atoms with E-state index < -0.39 is 28.6 Å². The van der Waals surface area contributed by atoms with E-state index in [1.54, 1.807) is 0 Å². The summed E-state index contributed by atoms with van der Waals surface area (Å²) >= 11 is 0. The molecule has 334 valence electrons. The predicted molar refractivity (Wildman–Crippen MR) is 223 cm³/mol. The van der Waals surface area contributed by atoms with E-state index >= 15 is 0 Å². The molecular weight excluding hydrogens is 749 g/mol. The van der Waals surface area contributed by atoms with E-state index in [0.717, 1.165) is 69.6 Å². The number of carbonyl (C=O) groups is 4. The van der Waals surface area contributed by atoms with Crippen molar-refractivity contribution in [2.75, 3.05) is 0 Å². The zero-order valence-corrected chi connectivity index (χ0v) is 38.4. The van der Waals surface area contributed by atoms with Gasteiger partial charge in [-0.1, -0.05) is 34.6 Å². The minimum atomic E-state index is -0.510. The maximum atomic E-state index is 12.6. The second kappa shape index (κ2) is 15.9. The average Bonchev–Trinajstić information content (AvgIpc) is 3.83. The van der Waals surface area contributed by atoms with Crippen LogP contribution in [0.25, 0.3) is 0 Å². The van der Waals surface area contributed by atoms with E-state index in [0.29, 0.717) is 42.4 Å². The van der Waals surface area contributed by atoms with E-state index in [1.165, 1.54) is 32.1 Å². The number of hydrogen-bond donors (Lipinski definition) is 1. The Labute approximate surface area is 354 Å². The maximum Gasteiger partial charge on any atom is 0.312 e. The van der Waals surface area contributed by atoms with Crippen LogP contribution in [0.4, 0.5) is 0 Å². The molecule has 0 amide bonds. The predicted octanol–water partition coefficient (Wildman–Crippen LogP) is 9.30. The quantitative estimate of drug-likeness (QED) is 0.159. The number of rotatable bonds is 11. The third-order valence-electron chi connectivity index (χ3n) is 18.1. The molecule has 0 spiro atoms. The van der Waals surface area contributed by atoms with Crippen molar-refractivity contribution in [1.82, 2.24) is 0 Å². The lowest BCUT2D eigenvalue weighted by Gasteiger charge is -2.63. The molecule has 10 bridgehead atoms. The molecule has 8 saturated carbocycles. The molecule has 0 radical (unpaired) electrons. The van der Waals surface area contributed by atoms with E-state index in [2.05, 4.69) is 20.8 Å². The number of fused-ring (bicyclic) bond motifs is 1. The first-order valence-electron chi connectivity index (χ1n) is 23.9. The minimum Gasteiger partial charge on any atom is -0.458 e. The Hall–Kier alpha value is -2.20. The van der Waals surface area contributed by atoms with Gasteiger partial charge in [-0.05, 0) is 174 Å². The number of ether oxygens (including phenoxy) is 5. The van der Waals surface area contributed by atoms with Crippen molar-refractivity contribution < 1.29 is 48.0 Å². The summed E-state index contributed by atoms with van der Waals surface area (Å²) < 4.78 is 29.0. The molecule has 7 atom stereocenters. The molecule has 10 nitrogen and oxygen atoms in total. The second-order valence-electron chi connectivity index (χ2n) is 22.7. The first-order valence-corrected chi connectivity index (χ1v) is 23.9. The first kappa shape index (κ1) is 44.8. The van der Waals surface area contributed by atoms with Crippen LogP contribution in [-0.4, -0.2) is 70.2 Å². The monoisotopic (exact) mass is 827 g/mol. The van der Waals surface area contributed by atoms with Crippen LogP contribution in [0.3, 0.4) is 0 Å². The van der Waals surface area contributed by atoms with Crippen LogP contribution in [-0.2, 0) is 42.9 Å². The Morgan fingerprint density at radius 3 is 1.49 bits per heavy atom. The van der Waals surface area contributed by atoms with Crippen LogP contribution in [0.5, 0.6) is 0 Å². The lowest BCUT2D eigenvalue weighted by atomic mass is 9.47. The summed E-state index contributed by atoms with van der Waals surface area (Å²) in [5.41, 5.74) is -2.17. The fraction of sp³-hybridized carbons (Fsp3) is 0.918. The smallest absolute Gasteiger partial charge is 0.312 e. The molecule has 3 aliphatic heterocycles. The molecule has 0 aromatic carbocycles. The van der Waals surface area contributed by atoms with Crippen molar-refractivity contribution in [1.29, 1.82) is 0 Å². The summed E-state index contributed by atoms with van der Waals surface area (Å²) in [6.07, 6.45) is 15.2. The molecule has 7 unspecified atom stereocenters. The van der Waals surface area contributed by atoms with Crippen LogP contribution in [0.1, 0.15) is 179 Å². The maximum absolute atomic E-state index is 12.6. The lowest BCUT2D eigenvalue weighted by Crippen LogP contribution is -2.65. The van der Waals surface area contributed by atoms with Gasteiger partial charge in [-0.2, -0.15) is 0 Å². The molecule has 10 heteroatoms.